The lowest BCUT2D eigenvalue weighted by Crippen LogP contribution is -2.49. The predicted molar refractivity (Wildman–Crippen MR) is 123 cm³/mol. The van der Waals surface area contributed by atoms with Crippen molar-refractivity contribution >= 4 is 21.6 Å². The maximum Gasteiger partial charge on any atom is 0.258 e. The minimum atomic E-state index is -3.73. The van der Waals surface area contributed by atoms with Crippen LogP contribution >= 0.6 is 0 Å². The molecule has 2 aromatic heterocycles. The molecule has 0 radical (unpaired) electrons. The summed E-state index contributed by atoms with van der Waals surface area (Å²) >= 11 is 0. The molecule has 10 nitrogen and oxygen atoms in total. The van der Waals surface area contributed by atoms with Crippen LogP contribution in [0.15, 0.2) is 64.8 Å². The van der Waals surface area contributed by atoms with E-state index in [-0.39, 0.29) is 34.4 Å². The number of hydrogen-bond acceptors (Lipinski definition) is 7. The SMILES string of the molecule is COc1ccc(S(=O)(=O)N2C[C@@H]3C[C@H](C2)c2c(NC(=O)c4cncnc4)ccc(=O)n2C3)cc1. The number of rotatable bonds is 5. The first-order valence-corrected chi connectivity index (χ1v) is 12.2. The molecule has 2 aliphatic heterocycles. The Morgan fingerprint density at radius 3 is 2.50 bits per heavy atom. The summed E-state index contributed by atoms with van der Waals surface area (Å²) in [6, 6.07) is 9.30. The molecule has 0 saturated carbocycles. The van der Waals surface area contributed by atoms with Crippen molar-refractivity contribution in [3.63, 3.8) is 0 Å². The van der Waals surface area contributed by atoms with E-state index in [2.05, 4.69) is 15.3 Å². The van der Waals surface area contributed by atoms with E-state index in [9.17, 15) is 18.0 Å². The highest BCUT2D eigenvalue weighted by Gasteiger charge is 2.40. The predicted octanol–water partition coefficient (Wildman–Crippen LogP) is 1.71. The molecule has 176 valence electrons. The van der Waals surface area contributed by atoms with Crippen molar-refractivity contribution < 1.29 is 17.9 Å². The van der Waals surface area contributed by atoms with Gasteiger partial charge in [0.2, 0.25) is 10.0 Å². The summed E-state index contributed by atoms with van der Waals surface area (Å²) in [7, 11) is -2.21. The van der Waals surface area contributed by atoms with Crippen molar-refractivity contribution in [3.8, 4) is 5.75 Å². The molecule has 2 aliphatic rings. The number of hydrogen-bond donors (Lipinski definition) is 1. The summed E-state index contributed by atoms with van der Waals surface area (Å²) in [5, 5.41) is 2.85. The zero-order valence-electron chi connectivity index (χ0n) is 18.4. The molecule has 1 saturated heterocycles. The van der Waals surface area contributed by atoms with Gasteiger partial charge in [-0.2, -0.15) is 4.31 Å². The Kier molecular flexibility index (Phi) is 5.66. The van der Waals surface area contributed by atoms with Crippen molar-refractivity contribution in [3.05, 3.63) is 76.7 Å². The zero-order valence-corrected chi connectivity index (χ0v) is 19.2. The van der Waals surface area contributed by atoms with Gasteiger partial charge in [0, 0.05) is 49.7 Å². The average molecular weight is 482 g/mol. The minimum absolute atomic E-state index is 0.00884. The molecule has 1 N–H and O–H groups in total. The normalized spacial score (nSPS) is 19.8. The summed E-state index contributed by atoms with van der Waals surface area (Å²) in [6.07, 6.45) is 4.88. The van der Waals surface area contributed by atoms with Gasteiger partial charge in [0.1, 0.15) is 12.1 Å². The second-order valence-corrected chi connectivity index (χ2v) is 10.4. The molecule has 34 heavy (non-hydrogen) atoms. The van der Waals surface area contributed by atoms with Gasteiger partial charge in [0.05, 0.1) is 23.3 Å². The van der Waals surface area contributed by atoms with Gasteiger partial charge < -0.3 is 14.6 Å². The molecule has 1 aromatic carbocycles. The summed E-state index contributed by atoms with van der Waals surface area (Å²) in [4.78, 5) is 33.3. The van der Waals surface area contributed by atoms with Crippen molar-refractivity contribution in [1.82, 2.24) is 18.8 Å². The Morgan fingerprint density at radius 1 is 1.06 bits per heavy atom. The number of ether oxygens (including phenoxy) is 1. The second kappa shape index (κ2) is 8.65. The highest BCUT2D eigenvalue weighted by Crippen LogP contribution is 2.40. The van der Waals surface area contributed by atoms with Gasteiger partial charge in [-0.05, 0) is 42.7 Å². The Bertz CT molecular complexity index is 1390. The maximum absolute atomic E-state index is 13.4. The van der Waals surface area contributed by atoms with Crippen molar-refractivity contribution in [2.24, 2.45) is 5.92 Å². The van der Waals surface area contributed by atoms with Crippen LogP contribution in [0, 0.1) is 5.92 Å². The third-order valence-electron chi connectivity index (χ3n) is 6.32. The Balaban J connectivity index is 1.47. The van der Waals surface area contributed by atoms with Gasteiger partial charge in [-0.15, -0.1) is 0 Å². The van der Waals surface area contributed by atoms with E-state index in [0.717, 1.165) is 6.42 Å². The lowest BCUT2D eigenvalue weighted by atomic mass is 9.83. The number of benzene rings is 1. The number of fused-ring (bicyclic) bond motifs is 4. The van der Waals surface area contributed by atoms with Crippen LogP contribution in [-0.4, -0.2) is 53.4 Å². The number of anilines is 1. The Labute approximate surface area is 196 Å². The standard InChI is InChI=1S/C23H23N5O5S/c1-33-18-2-4-19(5-3-18)34(31,32)27-11-15-8-16(13-27)22-20(6-7-21(29)28(22)12-15)26-23(30)17-9-24-14-25-10-17/h2-7,9-10,14-16H,8,11-13H2,1H3,(H,26,30)/t15-,16+/m0/s1. The van der Waals surface area contributed by atoms with Gasteiger partial charge in [-0.25, -0.2) is 18.4 Å². The number of sulfonamides is 1. The first-order valence-electron chi connectivity index (χ1n) is 10.8. The van der Waals surface area contributed by atoms with Crippen LogP contribution in [0.3, 0.4) is 0 Å². The number of piperidine rings is 1. The quantitative estimate of drug-likeness (QED) is 0.588. The van der Waals surface area contributed by atoms with Crippen molar-refractivity contribution in [1.29, 1.82) is 0 Å². The van der Waals surface area contributed by atoms with Crippen LogP contribution in [0.5, 0.6) is 5.75 Å². The van der Waals surface area contributed by atoms with Crippen LogP contribution in [0.25, 0.3) is 0 Å². The van der Waals surface area contributed by atoms with Crippen molar-refractivity contribution in [2.75, 3.05) is 25.5 Å². The van der Waals surface area contributed by atoms with Gasteiger partial charge in [0.15, 0.2) is 0 Å². The third-order valence-corrected chi connectivity index (χ3v) is 8.17. The van der Waals surface area contributed by atoms with Crippen molar-refractivity contribution in [2.45, 2.75) is 23.8 Å². The lowest BCUT2D eigenvalue weighted by molar-refractivity contribution is 0.102. The summed E-state index contributed by atoms with van der Waals surface area (Å²) in [5.41, 5.74) is 1.25. The number of methoxy groups -OCH3 is 1. The summed E-state index contributed by atoms with van der Waals surface area (Å²) < 4.78 is 35.0. The fourth-order valence-corrected chi connectivity index (χ4v) is 6.34. The molecule has 4 heterocycles. The van der Waals surface area contributed by atoms with Crippen LogP contribution in [0.2, 0.25) is 0 Å². The van der Waals surface area contributed by atoms with Gasteiger partial charge >= 0.3 is 0 Å². The molecule has 11 heteroatoms. The highest BCUT2D eigenvalue weighted by molar-refractivity contribution is 7.89. The third kappa shape index (κ3) is 3.97. The van der Waals surface area contributed by atoms with E-state index in [1.807, 2.05) is 0 Å². The zero-order chi connectivity index (χ0) is 23.9. The first-order chi connectivity index (χ1) is 16.4. The Morgan fingerprint density at radius 2 is 1.79 bits per heavy atom. The summed E-state index contributed by atoms with van der Waals surface area (Å²) in [6.45, 7) is 0.928. The fourth-order valence-electron chi connectivity index (χ4n) is 4.78. The van der Waals surface area contributed by atoms with E-state index in [0.29, 0.717) is 30.2 Å². The topological polar surface area (TPSA) is 123 Å². The van der Waals surface area contributed by atoms with E-state index in [4.69, 9.17) is 4.74 Å². The van der Waals surface area contributed by atoms with Crippen LogP contribution in [0.1, 0.15) is 28.4 Å². The molecule has 0 aliphatic carbocycles. The number of nitrogens with one attached hydrogen (secondary N) is 1. The number of carbonyl (C=O) groups is 1. The van der Waals surface area contributed by atoms with Crippen LogP contribution in [0.4, 0.5) is 5.69 Å². The molecular weight excluding hydrogens is 458 g/mol. The molecule has 5 rings (SSSR count). The summed E-state index contributed by atoms with van der Waals surface area (Å²) in [5.74, 6) is -0.0724. The number of aromatic nitrogens is 3. The molecule has 1 amide bonds. The van der Waals surface area contributed by atoms with Crippen LogP contribution < -0.4 is 15.6 Å². The van der Waals surface area contributed by atoms with E-state index in [1.54, 1.807) is 22.8 Å². The van der Waals surface area contributed by atoms with Gasteiger partial charge in [0.25, 0.3) is 11.5 Å². The lowest BCUT2D eigenvalue weighted by Gasteiger charge is -2.42. The van der Waals surface area contributed by atoms with Gasteiger partial charge in [-0.1, -0.05) is 0 Å². The number of amides is 1. The number of pyridine rings is 1. The smallest absolute Gasteiger partial charge is 0.258 e. The minimum Gasteiger partial charge on any atom is -0.497 e. The number of nitrogens with zero attached hydrogens (tertiary/aromatic N) is 4. The highest BCUT2D eigenvalue weighted by atomic mass is 32.2. The van der Waals surface area contributed by atoms with E-state index in [1.165, 1.54) is 48.3 Å². The molecular formula is C23H23N5O5S. The molecule has 0 unspecified atom stereocenters. The molecule has 2 bridgehead atoms. The van der Waals surface area contributed by atoms with E-state index >= 15 is 0 Å². The largest absolute Gasteiger partial charge is 0.497 e. The molecule has 0 spiro atoms. The molecule has 1 fully saturated rings. The fraction of sp³-hybridized carbons (Fsp3) is 0.304. The van der Waals surface area contributed by atoms with Gasteiger partial charge in [-0.3, -0.25) is 9.59 Å². The molecule has 2 atom stereocenters. The monoisotopic (exact) mass is 481 g/mol. The number of carbonyl (C=O) groups excluding carboxylic acids is 1. The average Bonchev–Trinajstić information content (AvgIpc) is 2.86. The maximum atomic E-state index is 13.4. The van der Waals surface area contributed by atoms with E-state index < -0.39 is 15.9 Å². The van der Waals surface area contributed by atoms with Crippen LogP contribution in [-0.2, 0) is 16.6 Å². The Hall–Kier alpha value is -3.57. The molecule has 3 aromatic rings. The first kappa shape index (κ1) is 22.2. The second-order valence-electron chi connectivity index (χ2n) is 8.46.